The molecule has 0 aliphatic carbocycles. The van der Waals surface area contributed by atoms with Crippen LogP contribution in [0.15, 0.2) is 84.9 Å². The van der Waals surface area contributed by atoms with Crippen molar-refractivity contribution in [3.05, 3.63) is 102 Å². The summed E-state index contributed by atoms with van der Waals surface area (Å²) in [6.45, 7) is 5.75. The van der Waals surface area contributed by atoms with Gasteiger partial charge in [-0.3, -0.25) is 4.79 Å². The van der Waals surface area contributed by atoms with E-state index < -0.39 is 17.7 Å². The molecule has 5 rings (SSSR count). The van der Waals surface area contributed by atoms with Crippen LogP contribution in [0.1, 0.15) is 43.0 Å². The Kier molecular flexibility index (Phi) is 8.49. The summed E-state index contributed by atoms with van der Waals surface area (Å²) in [4.78, 5) is 14.6. The number of hydrogen-bond acceptors (Lipinski definition) is 5. The molecule has 1 heterocycles. The van der Waals surface area contributed by atoms with Crippen LogP contribution in [-0.2, 0) is 22.1 Å². The van der Waals surface area contributed by atoms with E-state index in [0.717, 1.165) is 37.3 Å². The van der Waals surface area contributed by atoms with Crippen molar-refractivity contribution in [3.8, 4) is 11.5 Å². The first kappa shape index (κ1) is 28.5. The molecule has 1 saturated heterocycles. The molecule has 0 radical (unpaired) electrons. The molecule has 5 nitrogen and oxygen atoms in total. The molecule has 1 N–H and O–H groups in total. The van der Waals surface area contributed by atoms with Crippen LogP contribution in [0, 0.1) is 0 Å². The number of ether oxygens (including phenoxy) is 2. The Morgan fingerprint density at radius 1 is 1.02 bits per heavy atom. The fraction of sp³-hybridized carbons (Fsp3) is 0.303. The van der Waals surface area contributed by atoms with Crippen molar-refractivity contribution in [2.24, 2.45) is 0 Å². The Bertz CT molecular complexity index is 1520. The Labute approximate surface area is 237 Å². The molecule has 2 atom stereocenters. The summed E-state index contributed by atoms with van der Waals surface area (Å²) in [5.41, 5.74) is 1.93. The number of halogens is 3. The van der Waals surface area contributed by atoms with Crippen LogP contribution in [0.4, 0.5) is 18.9 Å². The van der Waals surface area contributed by atoms with E-state index in [1.165, 1.54) is 28.5 Å². The molecule has 1 fully saturated rings. The van der Waals surface area contributed by atoms with Gasteiger partial charge in [-0.05, 0) is 73.0 Å². The number of benzene rings is 4. The molecule has 41 heavy (non-hydrogen) atoms. The summed E-state index contributed by atoms with van der Waals surface area (Å²) < 4.78 is 50.7. The summed E-state index contributed by atoms with van der Waals surface area (Å²) in [5.74, 6) is -0.0615. The average molecular weight is 563 g/mol. The van der Waals surface area contributed by atoms with Gasteiger partial charge in [0.15, 0.2) is 0 Å². The topological polar surface area (TPSA) is 50.8 Å². The maximum absolute atomic E-state index is 13.2. The highest BCUT2D eigenvalue weighted by Crippen LogP contribution is 2.35. The summed E-state index contributed by atoms with van der Waals surface area (Å²) in [7, 11) is 0. The lowest BCUT2D eigenvalue weighted by Crippen LogP contribution is -2.34. The van der Waals surface area contributed by atoms with Crippen LogP contribution >= 0.6 is 0 Å². The van der Waals surface area contributed by atoms with Gasteiger partial charge in [-0.1, -0.05) is 48.5 Å². The zero-order valence-corrected chi connectivity index (χ0v) is 23.1. The number of esters is 1. The summed E-state index contributed by atoms with van der Waals surface area (Å²) >= 11 is 0. The van der Waals surface area contributed by atoms with E-state index in [0.29, 0.717) is 11.3 Å². The maximum Gasteiger partial charge on any atom is 0.416 e. The van der Waals surface area contributed by atoms with E-state index in [9.17, 15) is 18.0 Å². The number of nitrogens with one attached hydrogen (secondary N) is 1. The zero-order chi connectivity index (χ0) is 29.0. The van der Waals surface area contributed by atoms with Crippen LogP contribution in [0.25, 0.3) is 10.8 Å². The summed E-state index contributed by atoms with van der Waals surface area (Å²) in [5, 5.41) is 6.24. The second-order valence-corrected chi connectivity index (χ2v) is 10.3. The van der Waals surface area contributed by atoms with E-state index >= 15 is 0 Å². The van der Waals surface area contributed by atoms with Gasteiger partial charge in [0.25, 0.3) is 0 Å². The number of carbonyl (C=O) groups excluding carboxylic acids is 1. The van der Waals surface area contributed by atoms with Crippen molar-refractivity contribution >= 4 is 22.4 Å². The van der Waals surface area contributed by atoms with Gasteiger partial charge >= 0.3 is 12.1 Å². The SMILES string of the molecule is CCOC(=O)Cc1cc(N2CC[C@H](N[C@H](C)c3cccc4ccccc34)C2)ccc1Oc1cccc(C(F)(F)F)c1. The second kappa shape index (κ2) is 12.2. The first-order valence-corrected chi connectivity index (χ1v) is 13.8. The number of rotatable bonds is 9. The normalized spacial score (nSPS) is 16.1. The van der Waals surface area contributed by atoms with E-state index in [1.54, 1.807) is 13.0 Å². The van der Waals surface area contributed by atoms with Crippen LogP contribution in [0.3, 0.4) is 0 Å². The third kappa shape index (κ3) is 6.82. The lowest BCUT2D eigenvalue weighted by molar-refractivity contribution is -0.142. The van der Waals surface area contributed by atoms with Gasteiger partial charge in [0.2, 0.25) is 0 Å². The van der Waals surface area contributed by atoms with Crippen LogP contribution in [-0.4, -0.2) is 31.7 Å². The van der Waals surface area contributed by atoms with Gasteiger partial charge in [-0.15, -0.1) is 0 Å². The third-order valence-corrected chi connectivity index (χ3v) is 7.40. The molecule has 0 saturated carbocycles. The Balaban J connectivity index is 1.32. The lowest BCUT2D eigenvalue weighted by atomic mass is 9.99. The van der Waals surface area contributed by atoms with Crippen molar-refractivity contribution in [1.82, 2.24) is 5.32 Å². The molecule has 4 aromatic carbocycles. The largest absolute Gasteiger partial charge is 0.466 e. The highest BCUT2D eigenvalue weighted by Gasteiger charge is 2.31. The quantitative estimate of drug-likeness (QED) is 0.212. The fourth-order valence-electron chi connectivity index (χ4n) is 5.43. The van der Waals surface area contributed by atoms with E-state index in [2.05, 4.69) is 53.5 Å². The lowest BCUT2D eigenvalue weighted by Gasteiger charge is -2.23. The van der Waals surface area contributed by atoms with E-state index in [1.807, 2.05) is 18.2 Å². The Hall–Kier alpha value is -4.04. The summed E-state index contributed by atoms with van der Waals surface area (Å²) in [6.07, 6.45) is -3.59. The standard InChI is InChI=1S/C33H33F3N2O3/c1-3-40-32(39)19-24-18-27(14-15-31(24)41-28-11-7-10-25(20-28)33(34,35)36)38-17-16-26(21-38)37-22(2)29-13-6-9-23-8-4-5-12-30(23)29/h4-15,18,20,22,26,37H,3,16-17,19,21H2,1-2H3/t22-,26+/m1/s1. The number of fused-ring (bicyclic) bond motifs is 1. The van der Waals surface area contributed by atoms with Crippen LogP contribution < -0.4 is 15.0 Å². The predicted octanol–water partition coefficient (Wildman–Crippen LogP) is 7.69. The monoisotopic (exact) mass is 562 g/mol. The van der Waals surface area contributed by atoms with Gasteiger partial charge in [-0.25, -0.2) is 0 Å². The van der Waals surface area contributed by atoms with E-state index in [-0.39, 0.29) is 30.9 Å². The summed E-state index contributed by atoms with van der Waals surface area (Å²) in [6, 6.07) is 25.4. The van der Waals surface area contributed by atoms with Crippen LogP contribution in [0.2, 0.25) is 0 Å². The minimum atomic E-state index is -4.48. The highest BCUT2D eigenvalue weighted by molar-refractivity contribution is 5.86. The predicted molar refractivity (Wildman–Crippen MR) is 154 cm³/mol. The highest BCUT2D eigenvalue weighted by atomic mass is 19.4. The molecule has 4 aromatic rings. The van der Waals surface area contributed by atoms with Gasteiger partial charge in [0.05, 0.1) is 18.6 Å². The molecule has 0 spiro atoms. The molecule has 0 amide bonds. The smallest absolute Gasteiger partial charge is 0.416 e. The van der Waals surface area contributed by atoms with Crippen molar-refractivity contribution in [3.63, 3.8) is 0 Å². The number of nitrogens with zero attached hydrogens (tertiary/aromatic N) is 1. The second-order valence-electron chi connectivity index (χ2n) is 10.3. The van der Waals surface area contributed by atoms with Crippen molar-refractivity contribution < 1.29 is 27.4 Å². The number of carbonyl (C=O) groups is 1. The molecule has 0 unspecified atom stereocenters. The fourth-order valence-corrected chi connectivity index (χ4v) is 5.43. The van der Waals surface area contributed by atoms with Gasteiger partial charge < -0.3 is 19.7 Å². The van der Waals surface area contributed by atoms with Gasteiger partial charge in [0, 0.05) is 36.4 Å². The molecular formula is C33H33F3N2O3. The molecular weight excluding hydrogens is 529 g/mol. The molecule has 0 bridgehead atoms. The first-order valence-electron chi connectivity index (χ1n) is 13.8. The molecule has 0 aromatic heterocycles. The van der Waals surface area contributed by atoms with Crippen molar-refractivity contribution in [2.75, 3.05) is 24.6 Å². The minimum Gasteiger partial charge on any atom is -0.466 e. The number of alkyl halides is 3. The van der Waals surface area contributed by atoms with Crippen molar-refractivity contribution in [2.45, 2.75) is 44.9 Å². The first-order chi connectivity index (χ1) is 19.7. The number of anilines is 1. The van der Waals surface area contributed by atoms with E-state index in [4.69, 9.17) is 9.47 Å². The van der Waals surface area contributed by atoms with Gasteiger partial charge in [0.1, 0.15) is 11.5 Å². The average Bonchev–Trinajstić information content (AvgIpc) is 3.42. The molecule has 1 aliphatic rings. The molecule has 1 aliphatic heterocycles. The third-order valence-electron chi connectivity index (χ3n) is 7.40. The van der Waals surface area contributed by atoms with Crippen molar-refractivity contribution in [1.29, 1.82) is 0 Å². The van der Waals surface area contributed by atoms with Crippen LogP contribution in [0.5, 0.6) is 11.5 Å². The Morgan fingerprint density at radius 2 is 1.80 bits per heavy atom. The molecule has 214 valence electrons. The maximum atomic E-state index is 13.2. The minimum absolute atomic E-state index is 0.0468. The Morgan fingerprint density at radius 3 is 2.61 bits per heavy atom. The number of hydrogen-bond donors (Lipinski definition) is 1. The van der Waals surface area contributed by atoms with Gasteiger partial charge in [-0.2, -0.15) is 13.2 Å². The molecule has 8 heteroatoms. The zero-order valence-electron chi connectivity index (χ0n) is 23.1.